The highest BCUT2D eigenvalue weighted by Crippen LogP contribution is 2.48. The molecular weight excluding hydrogens is 842 g/mol. The van der Waals surface area contributed by atoms with Crippen LogP contribution in [0.15, 0.2) is 72.8 Å². The average Bonchev–Trinajstić information content (AvgIpc) is 3.48. The zero-order chi connectivity index (χ0) is 46.5. The van der Waals surface area contributed by atoms with Crippen molar-refractivity contribution in [1.82, 2.24) is 10.6 Å². The first-order valence-corrected chi connectivity index (χ1v) is 24.7. The third-order valence-corrected chi connectivity index (χ3v) is 16.1. The molecule has 0 saturated carbocycles. The summed E-state index contributed by atoms with van der Waals surface area (Å²) in [6.45, 7) is 40.4. The van der Waals surface area contributed by atoms with Crippen molar-refractivity contribution in [2.24, 2.45) is 0 Å². The van der Waals surface area contributed by atoms with Crippen molar-refractivity contribution in [3.63, 3.8) is 0 Å². The number of hydrogen-bond donors (Lipinski definition) is 2. The third-order valence-electron chi connectivity index (χ3n) is 15.9. The molecule has 3 heterocycles. The standard InChI is InChI=1S/C25H34N2.C20H31BO2.C11H15ClN2.ClH/c1-18-6-7-20(17-23(18)27-14-12-26-13-15-27)19-8-9-21-22(16-19)25(4,5)11-10-24(21,2)3;1-17(2)11-12-18(3,4)16-13-14(9-10-15(16)17)21-22-19(5,6)20(7,8)23-21;1-9-2-3-10(12)8-11(9)14-6-4-13-5-7-14;/h6-9,16-17,26H,10-15H2,1-5H3;9-10,13H,11-12H2,1-8H3;2-3,8,13H,4-7H2,1H3;1H. The third kappa shape index (κ3) is 11.1. The van der Waals surface area contributed by atoms with Crippen LogP contribution in [0.4, 0.5) is 11.4 Å². The first-order valence-electron chi connectivity index (χ1n) is 24.3. The molecule has 0 atom stereocenters. The van der Waals surface area contributed by atoms with Gasteiger partial charge >= 0.3 is 7.12 Å². The lowest BCUT2D eigenvalue weighted by molar-refractivity contribution is 0.00578. The van der Waals surface area contributed by atoms with Gasteiger partial charge in [0.25, 0.3) is 0 Å². The highest BCUT2D eigenvalue weighted by atomic mass is 35.5. The highest BCUT2D eigenvalue weighted by molar-refractivity contribution is 6.62. The van der Waals surface area contributed by atoms with Gasteiger partial charge in [0.15, 0.2) is 0 Å². The summed E-state index contributed by atoms with van der Waals surface area (Å²) in [7, 11) is -0.272. The van der Waals surface area contributed by atoms with Crippen molar-refractivity contribution < 1.29 is 9.31 Å². The van der Waals surface area contributed by atoms with E-state index in [2.05, 4.69) is 184 Å². The average molecular weight is 924 g/mol. The molecule has 5 aliphatic rings. The number of anilines is 2. The second-order valence-electron chi connectivity index (χ2n) is 23.1. The Bertz CT molecular complexity index is 2270. The minimum Gasteiger partial charge on any atom is -0.399 e. The van der Waals surface area contributed by atoms with Gasteiger partial charge in [-0.25, -0.2) is 0 Å². The summed E-state index contributed by atoms with van der Waals surface area (Å²) >= 11 is 5.99. The highest BCUT2D eigenvalue weighted by Gasteiger charge is 2.52. The van der Waals surface area contributed by atoms with Crippen molar-refractivity contribution in [3.8, 4) is 11.1 Å². The van der Waals surface area contributed by atoms with Gasteiger partial charge in [-0.2, -0.15) is 0 Å². The molecule has 0 amide bonds. The van der Waals surface area contributed by atoms with E-state index in [9.17, 15) is 0 Å². The molecule has 6 nitrogen and oxygen atoms in total. The van der Waals surface area contributed by atoms with Crippen LogP contribution < -0.4 is 25.9 Å². The molecular formula is C56H81BCl2N4O2. The summed E-state index contributed by atoms with van der Waals surface area (Å²) in [5.41, 5.74) is 15.6. The maximum absolute atomic E-state index is 6.24. The van der Waals surface area contributed by atoms with E-state index < -0.39 is 0 Å². The van der Waals surface area contributed by atoms with Crippen molar-refractivity contribution >= 4 is 48.0 Å². The Hall–Kier alpha value is -3.04. The number of nitrogens with zero attached hydrogens (tertiary/aromatic N) is 2. The summed E-state index contributed by atoms with van der Waals surface area (Å²) in [5.74, 6) is 0. The number of aryl methyl sites for hydroxylation is 2. The molecule has 0 radical (unpaired) electrons. The predicted molar refractivity (Wildman–Crippen MR) is 283 cm³/mol. The van der Waals surface area contributed by atoms with Crippen LogP contribution >= 0.6 is 24.0 Å². The number of benzene rings is 4. The van der Waals surface area contributed by atoms with Gasteiger partial charge in [-0.15, -0.1) is 12.4 Å². The fourth-order valence-electron chi connectivity index (χ4n) is 10.4. The summed E-state index contributed by atoms with van der Waals surface area (Å²) in [6, 6.07) is 27.1. The monoisotopic (exact) mass is 923 g/mol. The fraction of sp³-hybridized carbons (Fsp3) is 0.571. The van der Waals surface area contributed by atoms with Crippen molar-refractivity contribution in [2.75, 3.05) is 62.2 Å². The Morgan fingerprint density at radius 3 is 1.35 bits per heavy atom. The Morgan fingerprint density at radius 1 is 0.477 bits per heavy atom. The molecule has 4 aromatic rings. The lowest BCUT2D eigenvalue weighted by Gasteiger charge is -2.42. The molecule has 9 rings (SSSR count). The summed E-state index contributed by atoms with van der Waals surface area (Å²) in [4.78, 5) is 4.92. The lowest BCUT2D eigenvalue weighted by atomic mass is 9.61. The van der Waals surface area contributed by atoms with Gasteiger partial charge in [0.2, 0.25) is 0 Å². The molecule has 0 unspecified atom stereocenters. The van der Waals surface area contributed by atoms with Crippen LogP contribution in [-0.2, 0) is 31.0 Å². The molecule has 2 aliphatic carbocycles. The molecule has 3 aliphatic heterocycles. The fourth-order valence-corrected chi connectivity index (χ4v) is 10.5. The van der Waals surface area contributed by atoms with Crippen LogP contribution in [0.2, 0.25) is 5.02 Å². The van der Waals surface area contributed by atoms with Crippen molar-refractivity contribution in [1.29, 1.82) is 0 Å². The number of halogens is 2. The number of fused-ring (bicyclic) bond motifs is 2. The summed E-state index contributed by atoms with van der Waals surface area (Å²) in [6.07, 6.45) is 4.99. The Balaban J connectivity index is 0.000000168. The number of nitrogens with one attached hydrogen (secondary N) is 2. The first kappa shape index (κ1) is 51.4. The van der Waals surface area contributed by atoms with E-state index in [1.54, 1.807) is 5.56 Å². The SMILES string of the molecule is CC1(C)CCC(C)(C)c2cc(B3OC(C)(C)C(C)(C)O3)ccc21.Cc1ccc(-c2ccc3c(c2)C(C)(C)CCC3(C)C)cc1N1CCNCC1.Cc1ccc(Cl)cc1N1CCNCC1.Cl. The smallest absolute Gasteiger partial charge is 0.399 e. The van der Waals surface area contributed by atoms with Crippen LogP contribution in [0.3, 0.4) is 0 Å². The number of hydrogen-bond acceptors (Lipinski definition) is 6. The molecule has 0 bridgehead atoms. The zero-order valence-electron chi connectivity index (χ0n) is 42.5. The van der Waals surface area contributed by atoms with Crippen molar-refractivity contribution in [3.05, 3.63) is 111 Å². The summed E-state index contributed by atoms with van der Waals surface area (Å²) in [5, 5.41) is 7.63. The van der Waals surface area contributed by atoms with Crippen LogP contribution in [0.25, 0.3) is 11.1 Å². The molecule has 65 heavy (non-hydrogen) atoms. The van der Waals surface area contributed by atoms with Crippen LogP contribution in [0.1, 0.15) is 142 Å². The van der Waals surface area contributed by atoms with Gasteiger partial charge in [0.05, 0.1) is 11.2 Å². The van der Waals surface area contributed by atoms with Gasteiger partial charge in [0, 0.05) is 68.8 Å². The first-order chi connectivity index (χ1) is 29.9. The normalized spacial score (nSPS) is 21.9. The molecule has 9 heteroatoms. The van der Waals surface area contributed by atoms with Gasteiger partial charge in [-0.3, -0.25) is 0 Å². The van der Waals surface area contributed by atoms with E-state index in [4.69, 9.17) is 20.9 Å². The van der Waals surface area contributed by atoms with E-state index in [0.29, 0.717) is 0 Å². The molecule has 3 saturated heterocycles. The maximum Gasteiger partial charge on any atom is 0.494 e. The topological polar surface area (TPSA) is 49.0 Å². The van der Waals surface area contributed by atoms with E-state index in [1.807, 2.05) is 6.07 Å². The minimum atomic E-state index is -0.289. The van der Waals surface area contributed by atoms with Crippen LogP contribution in [0, 0.1) is 13.8 Å². The van der Waals surface area contributed by atoms with Gasteiger partial charge in [-0.05, 0) is 157 Å². The Morgan fingerprint density at radius 2 is 0.862 bits per heavy atom. The second kappa shape index (κ2) is 19.5. The quantitative estimate of drug-likeness (QED) is 0.199. The minimum absolute atomic E-state index is 0. The van der Waals surface area contributed by atoms with Gasteiger partial charge < -0.3 is 29.7 Å². The van der Waals surface area contributed by atoms with E-state index in [0.717, 1.165) is 62.8 Å². The number of rotatable bonds is 4. The molecule has 0 aromatic heterocycles. The van der Waals surface area contributed by atoms with Gasteiger partial charge in [0.1, 0.15) is 0 Å². The van der Waals surface area contributed by atoms with E-state index in [-0.39, 0.29) is 52.4 Å². The van der Waals surface area contributed by atoms with Crippen LogP contribution in [-0.4, -0.2) is 70.7 Å². The summed E-state index contributed by atoms with van der Waals surface area (Å²) < 4.78 is 12.5. The predicted octanol–water partition coefficient (Wildman–Crippen LogP) is 12.2. The molecule has 0 spiro atoms. The molecule has 4 aromatic carbocycles. The van der Waals surface area contributed by atoms with Crippen LogP contribution in [0.5, 0.6) is 0 Å². The maximum atomic E-state index is 6.24. The molecule has 354 valence electrons. The molecule has 2 N–H and O–H groups in total. The molecule has 3 fully saturated rings. The number of piperazine rings is 2. The largest absolute Gasteiger partial charge is 0.494 e. The Kier molecular flexibility index (Phi) is 15.4. The lowest BCUT2D eigenvalue weighted by Crippen LogP contribution is -2.43. The van der Waals surface area contributed by atoms with E-state index in [1.165, 1.54) is 76.0 Å². The Labute approximate surface area is 405 Å². The van der Waals surface area contributed by atoms with Crippen molar-refractivity contribution in [2.45, 2.75) is 155 Å². The van der Waals surface area contributed by atoms with E-state index >= 15 is 0 Å². The van der Waals surface area contributed by atoms with Gasteiger partial charge in [-0.1, -0.05) is 122 Å². The zero-order valence-corrected chi connectivity index (χ0v) is 44.1. The second-order valence-corrected chi connectivity index (χ2v) is 23.5.